The topological polar surface area (TPSA) is 24.4 Å². The molecule has 0 amide bonds. The molecule has 0 saturated heterocycles. The maximum Gasteiger partial charge on any atom is 0.162 e. The van der Waals surface area contributed by atoms with Crippen LogP contribution in [0.4, 0.5) is 0 Å². The van der Waals surface area contributed by atoms with Gasteiger partial charge in [0.1, 0.15) is 0 Å². The second-order valence-corrected chi connectivity index (χ2v) is 14.9. The van der Waals surface area contributed by atoms with E-state index in [1.54, 1.807) is 0 Å². The molecule has 2 heteroatoms. The van der Waals surface area contributed by atoms with Crippen LogP contribution in [0, 0.1) is 6.92 Å². The molecule has 0 aliphatic heterocycles. The highest BCUT2D eigenvalue weighted by molar-refractivity contribution is 6.01. The first-order valence-electron chi connectivity index (χ1n) is 20.0. The van der Waals surface area contributed by atoms with Crippen LogP contribution in [0.1, 0.15) is 45.9 Å². The van der Waals surface area contributed by atoms with Crippen molar-refractivity contribution in [2.24, 2.45) is 4.99 Å². The zero-order chi connectivity index (χ0) is 40.1. The molecule has 282 valence electrons. The maximum absolute atomic E-state index is 5.61. The molecule has 0 radical (unpaired) electrons. The van der Waals surface area contributed by atoms with Gasteiger partial charge in [0.25, 0.3) is 0 Å². The molecule has 1 aliphatic rings. The molecule has 7 aromatic carbocycles. The lowest BCUT2D eigenvalue weighted by atomic mass is 9.83. The zero-order valence-electron chi connectivity index (χ0n) is 33.5. The summed E-state index contributed by atoms with van der Waals surface area (Å²) in [5.41, 5.74) is 18.4. The van der Waals surface area contributed by atoms with Crippen LogP contribution < -0.4 is 5.32 Å². The van der Waals surface area contributed by atoms with Gasteiger partial charge in [-0.25, -0.2) is 0 Å². The number of hydrogen-bond donors (Lipinski definition) is 1. The fraction of sp³-hybridized carbons (Fsp3) is 0.0893. The summed E-state index contributed by atoms with van der Waals surface area (Å²) in [5.74, 6) is 0. The molecule has 0 bridgehead atoms. The van der Waals surface area contributed by atoms with Crippen LogP contribution in [0.15, 0.2) is 206 Å². The Hall–Kier alpha value is -6.87. The van der Waals surface area contributed by atoms with Gasteiger partial charge < -0.3 is 0 Å². The molecule has 0 saturated carbocycles. The number of hydrogen-bond acceptors (Lipinski definition) is 2. The minimum atomic E-state index is -0.837. The third-order valence-corrected chi connectivity index (χ3v) is 11.4. The zero-order valence-corrected chi connectivity index (χ0v) is 33.5. The van der Waals surface area contributed by atoms with Gasteiger partial charge in [0.15, 0.2) is 5.66 Å². The molecule has 7 aromatic rings. The number of allylic oxidation sites excluding steroid dienone is 5. The number of rotatable bonds is 10. The highest BCUT2D eigenvalue weighted by Crippen LogP contribution is 2.42. The first-order chi connectivity index (χ1) is 28.4. The number of nitrogens with one attached hydrogen (secondary N) is 1. The molecule has 0 aromatic heterocycles. The van der Waals surface area contributed by atoms with Gasteiger partial charge in [-0.3, -0.25) is 10.3 Å². The highest BCUT2D eigenvalue weighted by Gasteiger charge is 2.33. The van der Waals surface area contributed by atoms with E-state index >= 15 is 0 Å². The van der Waals surface area contributed by atoms with Crippen LogP contribution in [0.3, 0.4) is 0 Å². The summed E-state index contributed by atoms with van der Waals surface area (Å²) in [4.78, 5) is 5.61. The average Bonchev–Trinajstić information content (AvgIpc) is 3.27. The normalized spacial score (nSPS) is 14.7. The van der Waals surface area contributed by atoms with E-state index in [1.807, 2.05) is 13.1 Å². The van der Waals surface area contributed by atoms with Crippen molar-refractivity contribution < 1.29 is 0 Å². The highest BCUT2D eigenvalue weighted by atomic mass is 15.1. The molecule has 0 fully saturated rings. The average molecular weight is 749 g/mol. The number of benzene rings is 7. The summed E-state index contributed by atoms with van der Waals surface area (Å²) in [5, 5.41) is 3.67. The van der Waals surface area contributed by atoms with Gasteiger partial charge in [-0.15, -0.1) is 0 Å². The fourth-order valence-electron chi connectivity index (χ4n) is 8.38. The van der Waals surface area contributed by atoms with E-state index in [2.05, 4.69) is 220 Å². The largest absolute Gasteiger partial charge is 0.289 e. The fourth-order valence-corrected chi connectivity index (χ4v) is 8.38. The third kappa shape index (κ3) is 7.39. The van der Waals surface area contributed by atoms with Crippen LogP contribution >= 0.6 is 0 Å². The SMILES string of the molecule is C=Cc1cccc(-c2cccc3c2C(=C)/C=C\C=C/C3)c1-c1ccc(/C(C)=N/C(NC)(c2ccccc2)c2cccc(-c3ccc(-c4ccccc4)cc3)c2)cc1C. The standard InChI is InChI=1S/C56H48N2/c1-6-42-23-17-30-53(52-29-18-24-46-22-13-7-10-19-39(2)54(46)52)55(42)51-36-35-47(37-40(51)3)41(4)58-56(57-5,49-26-14-9-15-27-49)50-28-16-25-48(38-50)45-33-31-44(32-34-45)43-20-11-8-12-21-43/h6-21,23-38,57H,1-2,22H2,3-5H3/b13-7-,19-10-,58-41+. The predicted octanol–water partition coefficient (Wildman–Crippen LogP) is 13.9. The maximum atomic E-state index is 5.61. The predicted molar refractivity (Wildman–Crippen MR) is 249 cm³/mol. The summed E-state index contributed by atoms with van der Waals surface area (Å²) in [6, 6.07) is 58.5. The quantitative estimate of drug-likeness (QED) is 0.138. The van der Waals surface area contributed by atoms with E-state index in [1.165, 1.54) is 50.1 Å². The summed E-state index contributed by atoms with van der Waals surface area (Å²) >= 11 is 0. The molecule has 58 heavy (non-hydrogen) atoms. The first kappa shape index (κ1) is 38.0. The summed E-state index contributed by atoms with van der Waals surface area (Å²) in [6.07, 6.45) is 11.3. The summed E-state index contributed by atoms with van der Waals surface area (Å²) in [6.45, 7) is 13.1. The van der Waals surface area contributed by atoms with Crippen molar-refractivity contribution >= 4 is 17.4 Å². The van der Waals surface area contributed by atoms with Gasteiger partial charge in [0, 0.05) is 5.71 Å². The monoisotopic (exact) mass is 748 g/mol. The Morgan fingerprint density at radius 3 is 1.95 bits per heavy atom. The van der Waals surface area contributed by atoms with Crippen molar-refractivity contribution in [3.63, 3.8) is 0 Å². The molecule has 1 aliphatic carbocycles. The lowest BCUT2D eigenvalue weighted by Crippen LogP contribution is -2.40. The molecular formula is C56H48N2. The Bertz CT molecular complexity index is 2710. The smallest absolute Gasteiger partial charge is 0.162 e. The van der Waals surface area contributed by atoms with E-state index in [9.17, 15) is 0 Å². The van der Waals surface area contributed by atoms with Crippen molar-refractivity contribution in [2.75, 3.05) is 7.05 Å². The van der Waals surface area contributed by atoms with Gasteiger partial charge in [-0.05, 0) is 128 Å². The van der Waals surface area contributed by atoms with E-state index in [0.717, 1.165) is 51.1 Å². The molecule has 8 rings (SSSR count). The molecule has 2 nitrogen and oxygen atoms in total. The first-order valence-corrected chi connectivity index (χ1v) is 20.0. The summed E-state index contributed by atoms with van der Waals surface area (Å²) < 4.78 is 0. The minimum Gasteiger partial charge on any atom is -0.289 e. The Balaban J connectivity index is 1.20. The molecule has 1 unspecified atom stereocenters. The van der Waals surface area contributed by atoms with Gasteiger partial charge in [0.05, 0.1) is 0 Å². The lowest BCUT2D eigenvalue weighted by Gasteiger charge is -2.32. The molecule has 0 heterocycles. The molecule has 0 spiro atoms. The number of aryl methyl sites for hydroxylation is 1. The Morgan fingerprint density at radius 1 is 0.621 bits per heavy atom. The van der Waals surface area contributed by atoms with Crippen LogP contribution in [-0.2, 0) is 12.1 Å². The minimum absolute atomic E-state index is 0.837. The van der Waals surface area contributed by atoms with Gasteiger partial charge in [0.2, 0.25) is 0 Å². The van der Waals surface area contributed by atoms with Crippen molar-refractivity contribution in [2.45, 2.75) is 25.9 Å². The number of aliphatic imine (C=N–C) groups is 1. The summed E-state index contributed by atoms with van der Waals surface area (Å²) in [7, 11) is 2.00. The van der Waals surface area contributed by atoms with Crippen LogP contribution in [0.5, 0.6) is 0 Å². The second kappa shape index (κ2) is 16.7. The Labute approximate surface area is 344 Å². The van der Waals surface area contributed by atoms with E-state index in [0.29, 0.717) is 0 Å². The Morgan fingerprint density at radius 2 is 1.24 bits per heavy atom. The molecule has 1 atom stereocenters. The second-order valence-electron chi connectivity index (χ2n) is 14.9. The van der Waals surface area contributed by atoms with Crippen LogP contribution in [0.25, 0.3) is 56.2 Å². The van der Waals surface area contributed by atoms with Crippen molar-refractivity contribution in [3.8, 4) is 44.5 Å². The van der Waals surface area contributed by atoms with Crippen LogP contribution in [0.2, 0.25) is 0 Å². The van der Waals surface area contributed by atoms with Crippen molar-refractivity contribution in [3.05, 3.63) is 240 Å². The molecular weight excluding hydrogens is 701 g/mol. The van der Waals surface area contributed by atoms with Gasteiger partial charge in [-0.2, -0.15) is 0 Å². The third-order valence-electron chi connectivity index (χ3n) is 11.4. The van der Waals surface area contributed by atoms with Gasteiger partial charge >= 0.3 is 0 Å². The lowest BCUT2D eigenvalue weighted by molar-refractivity contribution is 0.461. The number of nitrogens with zero attached hydrogens (tertiary/aromatic N) is 1. The van der Waals surface area contributed by atoms with Gasteiger partial charge in [-0.1, -0.05) is 195 Å². The van der Waals surface area contributed by atoms with E-state index < -0.39 is 5.66 Å². The molecule has 1 N–H and O–H groups in total. The van der Waals surface area contributed by atoms with E-state index in [-0.39, 0.29) is 0 Å². The van der Waals surface area contributed by atoms with Crippen molar-refractivity contribution in [1.29, 1.82) is 0 Å². The number of fused-ring (bicyclic) bond motifs is 1. The van der Waals surface area contributed by atoms with E-state index in [4.69, 9.17) is 4.99 Å². The van der Waals surface area contributed by atoms with Crippen LogP contribution in [-0.4, -0.2) is 12.8 Å². The van der Waals surface area contributed by atoms with Crippen molar-refractivity contribution in [1.82, 2.24) is 5.32 Å². The Kier molecular flexibility index (Phi) is 10.9.